The number of anilines is 2. The third-order valence-electron chi connectivity index (χ3n) is 4.37. The van der Waals surface area contributed by atoms with Gasteiger partial charge in [0.1, 0.15) is 5.82 Å². The van der Waals surface area contributed by atoms with E-state index in [2.05, 4.69) is 42.3 Å². The number of nitrogens with zero attached hydrogens (tertiary/aromatic N) is 2. The van der Waals surface area contributed by atoms with Crippen LogP contribution in [0.1, 0.15) is 25.3 Å². The molecule has 1 aromatic carbocycles. The van der Waals surface area contributed by atoms with E-state index in [9.17, 15) is 0 Å². The van der Waals surface area contributed by atoms with Gasteiger partial charge in [-0.05, 0) is 31.7 Å². The highest BCUT2D eigenvalue weighted by Crippen LogP contribution is 2.32. The molecule has 3 heteroatoms. The Kier molecular flexibility index (Phi) is 3.51. The standard InChI is InChI=1S/C17H23N3/c1-12-6-8-20(9-7-12)17-15-10-13(2)4-5-14(15)16(18-3)11-19-17/h4-5,10-12,18H,6-9H2,1-3H3. The van der Waals surface area contributed by atoms with E-state index >= 15 is 0 Å². The van der Waals surface area contributed by atoms with Crippen molar-refractivity contribution < 1.29 is 0 Å². The highest BCUT2D eigenvalue weighted by atomic mass is 15.2. The van der Waals surface area contributed by atoms with Crippen LogP contribution in [0.3, 0.4) is 0 Å². The van der Waals surface area contributed by atoms with E-state index in [1.807, 2.05) is 13.2 Å². The van der Waals surface area contributed by atoms with Gasteiger partial charge in [0.05, 0.1) is 11.9 Å². The predicted octanol–water partition coefficient (Wildman–Crippen LogP) is 3.82. The van der Waals surface area contributed by atoms with Gasteiger partial charge in [0, 0.05) is 30.9 Å². The van der Waals surface area contributed by atoms with Crippen molar-refractivity contribution >= 4 is 22.3 Å². The molecule has 1 N–H and O–H groups in total. The fourth-order valence-corrected chi connectivity index (χ4v) is 3.01. The predicted molar refractivity (Wildman–Crippen MR) is 86.6 cm³/mol. The number of piperidine rings is 1. The first-order valence-electron chi connectivity index (χ1n) is 7.51. The Bertz CT molecular complexity index is 613. The molecule has 3 rings (SSSR count). The second-order valence-corrected chi connectivity index (χ2v) is 5.96. The Morgan fingerprint density at radius 3 is 2.65 bits per heavy atom. The lowest BCUT2D eigenvalue weighted by Crippen LogP contribution is -2.33. The van der Waals surface area contributed by atoms with E-state index in [1.54, 1.807) is 0 Å². The number of fused-ring (bicyclic) bond motifs is 1. The molecule has 3 nitrogen and oxygen atoms in total. The molecule has 2 heterocycles. The summed E-state index contributed by atoms with van der Waals surface area (Å²) in [5.74, 6) is 1.99. The molecule has 20 heavy (non-hydrogen) atoms. The molecule has 0 saturated carbocycles. The largest absolute Gasteiger partial charge is 0.386 e. The lowest BCUT2D eigenvalue weighted by molar-refractivity contribution is 0.437. The second kappa shape index (κ2) is 5.31. The lowest BCUT2D eigenvalue weighted by Gasteiger charge is -2.32. The molecule has 0 atom stereocenters. The molecule has 2 aromatic rings. The van der Waals surface area contributed by atoms with Gasteiger partial charge in [-0.25, -0.2) is 4.98 Å². The first-order valence-corrected chi connectivity index (χ1v) is 7.51. The number of aromatic nitrogens is 1. The van der Waals surface area contributed by atoms with Crippen molar-refractivity contribution in [3.63, 3.8) is 0 Å². The maximum atomic E-state index is 4.73. The Morgan fingerprint density at radius 2 is 1.95 bits per heavy atom. The van der Waals surface area contributed by atoms with Crippen molar-refractivity contribution in [3.05, 3.63) is 30.0 Å². The molecule has 106 valence electrons. The minimum absolute atomic E-state index is 0.843. The van der Waals surface area contributed by atoms with Crippen LogP contribution in [0.2, 0.25) is 0 Å². The van der Waals surface area contributed by atoms with Crippen LogP contribution in [0.25, 0.3) is 10.8 Å². The van der Waals surface area contributed by atoms with E-state index in [0.29, 0.717) is 0 Å². The quantitative estimate of drug-likeness (QED) is 0.898. The molecule has 0 aliphatic carbocycles. The molecule has 0 bridgehead atoms. The smallest absolute Gasteiger partial charge is 0.136 e. The summed E-state index contributed by atoms with van der Waals surface area (Å²) in [5, 5.41) is 5.78. The van der Waals surface area contributed by atoms with Crippen LogP contribution in [0, 0.1) is 12.8 Å². The SMILES string of the molecule is CNc1cnc(N2CCC(C)CC2)c2cc(C)ccc12. The Balaban J connectivity index is 2.09. The molecular weight excluding hydrogens is 246 g/mol. The first kappa shape index (κ1) is 13.2. The number of pyridine rings is 1. The molecule has 1 aliphatic rings. The van der Waals surface area contributed by atoms with Gasteiger partial charge in [0.2, 0.25) is 0 Å². The number of hydrogen-bond acceptors (Lipinski definition) is 3. The highest BCUT2D eigenvalue weighted by molar-refractivity contribution is 6.00. The van der Waals surface area contributed by atoms with Crippen LogP contribution >= 0.6 is 0 Å². The van der Waals surface area contributed by atoms with Gasteiger partial charge in [0.15, 0.2) is 0 Å². The Hall–Kier alpha value is -1.77. The van der Waals surface area contributed by atoms with Gasteiger partial charge in [-0.2, -0.15) is 0 Å². The molecule has 0 radical (unpaired) electrons. The summed E-state index contributed by atoms with van der Waals surface area (Å²) in [7, 11) is 1.96. The third kappa shape index (κ3) is 2.33. The van der Waals surface area contributed by atoms with E-state index in [4.69, 9.17) is 4.98 Å². The van der Waals surface area contributed by atoms with Gasteiger partial charge >= 0.3 is 0 Å². The Labute approximate surface area is 121 Å². The Morgan fingerprint density at radius 1 is 1.20 bits per heavy atom. The minimum Gasteiger partial charge on any atom is -0.386 e. The topological polar surface area (TPSA) is 28.2 Å². The summed E-state index contributed by atoms with van der Waals surface area (Å²) in [4.78, 5) is 7.18. The molecular formula is C17H23N3. The van der Waals surface area contributed by atoms with Gasteiger partial charge < -0.3 is 10.2 Å². The summed E-state index contributed by atoms with van der Waals surface area (Å²) in [6.07, 6.45) is 4.50. The van der Waals surface area contributed by atoms with Gasteiger partial charge in [-0.1, -0.05) is 24.6 Å². The van der Waals surface area contributed by atoms with Gasteiger partial charge in [-0.15, -0.1) is 0 Å². The average molecular weight is 269 g/mol. The monoisotopic (exact) mass is 269 g/mol. The van der Waals surface area contributed by atoms with E-state index < -0.39 is 0 Å². The van der Waals surface area contributed by atoms with Crippen molar-refractivity contribution in [1.82, 2.24) is 4.98 Å². The summed E-state index contributed by atoms with van der Waals surface area (Å²) in [6, 6.07) is 6.63. The summed E-state index contributed by atoms with van der Waals surface area (Å²) < 4.78 is 0. The molecule has 0 spiro atoms. The summed E-state index contributed by atoms with van der Waals surface area (Å²) >= 11 is 0. The fraction of sp³-hybridized carbons (Fsp3) is 0.471. The lowest BCUT2D eigenvalue weighted by atomic mass is 9.98. The van der Waals surface area contributed by atoms with Gasteiger partial charge in [-0.3, -0.25) is 0 Å². The molecule has 0 amide bonds. The zero-order valence-corrected chi connectivity index (χ0v) is 12.6. The van der Waals surface area contributed by atoms with Crippen LogP contribution in [-0.4, -0.2) is 25.1 Å². The van der Waals surface area contributed by atoms with Crippen LogP contribution < -0.4 is 10.2 Å². The van der Waals surface area contributed by atoms with Crippen molar-refractivity contribution in [2.45, 2.75) is 26.7 Å². The summed E-state index contributed by atoms with van der Waals surface area (Å²) in [6.45, 7) is 6.73. The zero-order chi connectivity index (χ0) is 14.1. The number of hydrogen-bond donors (Lipinski definition) is 1. The molecule has 1 fully saturated rings. The van der Waals surface area contributed by atoms with Gasteiger partial charge in [0.25, 0.3) is 0 Å². The van der Waals surface area contributed by atoms with E-state index in [-0.39, 0.29) is 0 Å². The van der Waals surface area contributed by atoms with Crippen molar-refractivity contribution in [2.24, 2.45) is 5.92 Å². The van der Waals surface area contributed by atoms with E-state index in [0.717, 1.165) is 30.5 Å². The number of rotatable bonds is 2. The number of nitrogens with one attached hydrogen (secondary N) is 1. The minimum atomic E-state index is 0.843. The maximum absolute atomic E-state index is 4.73. The number of benzene rings is 1. The van der Waals surface area contributed by atoms with Crippen LogP contribution in [0.4, 0.5) is 11.5 Å². The first-order chi connectivity index (χ1) is 9.69. The zero-order valence-electron chi connectivity index (χ0n) is 12.6. The molecule has 1 aromatic heterocycles. The molecule has 1 saturated heterocycles. The van der Waals surface area contributed by atoms with Crippen molar-refractivity contribution in [3.8, 4) is 0 Å². The second-order valence-electron chi connectivity index (χ2n) is 5.96. The van der Waals surface area contributed by atoms with Crippen molar-refractivity contribution in [1.29, 1.82) is 0 Å². The third-order valence-corrected chi connectivity index (χ3v) is 4.37. The van der Waals surface area contributed by atoms with Crippen LogP contribution in [-0.2, 0) is 0 Å². The fourth-order valence-electron chi connectivity index (χ4n) is 3.01. The van der Waals surface area contributed by atoms with Crippen LogP contribution in [0.15, 0.2) is 24.4 Å². The van der Waals surface area contributed by atoms with E-state index in [1.165, 1.54) is 29.2 Å². The number of aryl methyl sites for hydroxylation is 1. The molecule has 1 aliphatic heterocycles. The maximum Gasteiger partial charge on any atom is 0.136 e. The molecule has 0 unspecified atom stereocenters. The van der Waals surface area contributed by atoms with Crippen LogP contribution in [0.5, 0.6) is 0 Å². The highest BCUT2D eigenvalue weighted by Gasteiger charge is 2.19. The van der Waals surface area contributed by atoms with Crippen molar-refractivity contribution in [2.75, 3.05) is 30.4 Å². The summed E-state index contributed by atoms with van der Waals surface area (Å²) in [5.41, 5.74) is 2.40. The normalized spacial score (nSPS) is 16.6. The average Bonchev–Trinajstić information content (AvgIpc) is 2.47.